The Morgan fingerprint density at radius 2 is 1.61 bits per heavy atom. The summed E-state index contributed by atoms with van der Waals surface area (Å²) >= 11 is 1.08. The van der Waals surface area contributed by atoms with Crippen molar-refractivity contribution in [2.75, 3.05) is 37.8 Å². The van der Waals surface area contributed by atoms with Crippen molar-refractivity contribution in [3.8, 4) is 0 Å². The van der Waals surface area contributed by atoms with E-state index in [2.05, 4.69) is 34.4 Å². The minimum atomic E-state index is -5.59. The van der Waals surface area contributed by atoms with E-state index in [1.807, 2.05) is 24.3 Å². The average molecular weight is 1020 g/mol. The number of imidazole rings is 1. The summed E-state index contributed by atoms with van der Waals surface area (Å²) < 4.78 is 62.3. The number of hydrogen-bond donors (Lipinski definition) is 10. The zero-order chi connectivity index (χ0) is 49.1. The molecule has 66 heavy (non-hydrogen) atoms. The number of rotatable bonds is 30. The Balaban J connectivity index is 1.34. The summed E-state index contributed by atoms with van der Waals surface area (Å²) in [7, 11) is -16.4. The second-order valence-electron chi connectivity index (χ2n) is 15.0. The zero-order valence-electron chi connectivity index (χ0n) is 35.8. The summed E-state index contributed by atoms with van der Waals surface area (Å²) in [5, 5.41) is 35.0. The molecule has 2 aromatic heterocycles. The molecule has 1 aliphatic rings. The number of aliphatic hydroxyl groups is 2. The fourth-order valence-corrected chi connectivity index (χ4v) is 9.27. The van der Waals surface area contributed by atoms with Gasteiger partial charge in [-0.2, -0.15) is 4.31 Å². The first-order chi connectivity index (χ1) is 30.9. The number of nitrogens with one attached hydrogen (secondary N) is 2. The number of phosphoric acid groups is 3. The number of thioether (sulfide) groups is 1. The number of nitrogens with two attached hydrogens (primary N) is 1. The van der Waals surface area contributed by atoms with Gasteiger partial charge in [-0.05, 0) is 32.1 Å². The van der Waals surface area contributed by atoms with E-state index in [1.165, 1.54) is 13.8 Å². The van der Waals surface area contributed by atoms with E-state index in [4.69, 9.17) is 24.6 Å². The maximum absolute atomic E-state index is 12.7. The van der Waals surface area contributed by atoms with Crippen molar-refractivity contribution in [3.63, 3.8) is 0 Å². The lowest BCUT2D eigenvalue weighted by Gasteiger charge is -2.30. The predicted molar refractivity (Wildman–Crippen MR) is 234 cm³/mol. The number of carboxylic acids is 1. The standard InChI is InChI=1S/C36H56N7O19P3S/c1-36(2,31(49)34(50)39-17-16-25(44)38-18-19-66-27(47)15-13-11-9-7-5-3-4-6-8-10-12-14-26(45)46)21-59-65(56,57)62-64(54,55)58-20-24-30(61-63(51,52)53)29(48)35(60-24)43-23-42-28-32(37)40-22-41-33(28)43/h6,8-12,22-24,29-31,35,48-49H,3-5,7,13-21H2,1-2H3,(H,38,44)(H,39,50)(H,45,46)(H,54,55)(H,56,57)(H2,37,40,41)(H2,51,52,53)/b8-6+,11-9+,12-10+. The van der Waals surface area contributed by atoms with Gasteiger partial charge < -0.3 is 56.0 Å². The Labute approximate surface area is 382 Å². The largest absolute Gasteiger partial charge is 0.481 e. The predicted octanol–water partition coefficient (Wildman–Crippen LogP) is 2.15. The van der Waals surface area contributed by atoms with Crippen LogP contribution in [0.25, 0.3) is 11.2 Å². The van der Waals surface area contributed by atoms with Crippen LogP contribution in [0, 0.1) is 5.41 Å². The fraction of sp³-hybridized carbons (Fsp3) is 0.583. The number of unbranched alkanes of at least 4 members (excludes halogenated alkanes) is 3. The van der Waals surface area contributed by atoms with Gasteiger partial charge in [-0.1, -0.05) is 62.1 Å². The van der Waals surface area contributed by atoms with Crippen molar-refractivity contribution >= 4 is 75.1 Å². The summed E-state index contributed by atoms with van der Waals surface area (Å²) in [5.74, 6) is -2.03. The molecule has 11 N–H and O–H groups in total. The monoisotopic (exact) mass is 1020 g/mol. The highest BCUT2D eigenvalue weighted by Gasteiger charge is 2.50. The van der Waals surface area contributed by atoms with E-state index in [-0.39, 0.29) is 48.0 Å². The SMILES string of the molecule is CC(C)(COP(=O)(O)OP(=O)(O)OCC1OC(n2cnc3c(N)ncnc32)C(O)C1OP(=O)(O)O)C(O)C(=O)NCCC(=O)NCCSC(=O)CC/C=C/CCCC/C=C/C=C/CC(=O)O. The number of allylic oxidation sites excluding steroid dienone is 5. The van der Waals surface area contributed by atoms with Crippen molar-refractivity contribution < 1.29 is 90.4 Å². The van der Waals surface area contributed by atoms with Crippen LogP contribution in [-0.4, -0.2) is 134 Å². The molecule has 30 heteroatoms. The summed E-state index contributed by atoms with van der Waals surface area (Å²) in [6.07, 6.45) is 8.70. The summed E-state index contributed by atoms with van der Waals surface area (Å²) in [5.41, 5.74) is 4.24. The first kappa shape index (κ1) is 56.6. The van der Waals surface area contributed by atoms with Crippen LogP contribution >= 0.6 is 35.2 Å². The number of aromatic nitrogens is 4. The van der Waals surface area contributed by atoms with Gasteiger partial charge in [0.05, 0.1) is 26.0 Å². The molecule has 2 aromatic rings. The van der Waals surface area contributed by atoms with Crippen LogP contribution in [0.15, 0.2) is 49.1 Å². The van der Waals surface area contributed by atoms with Crippen molar-refractivity contribution in [1.82, 2.24) is 30.2 Å². The number of nitrogens with zero attached hydrogens (tertiary/aromatic N) is 4. The Hall–Kier alpha value is -3.75. The van der Waals surface area contributed by atoms with Gasteiger partial charge in [-0.15, -0.1) is 0 Å². The Kier molecular flexibility index (Phi) is 22.9. The number of aliphatic carboxylic acids is 1. The highest BCUT2D eigenvalue weighted by molar-refractivity contribution is 8.13. The zero-order valence-corrected chi connectivity index (χ0v) is 39.3. The quantitative estimate of drug-likeness (QED) is 0.0232. The number of aliphatic hydroxyl groups excluding tert-OH is 2. The molecule has 370 valence electrons. The minimum absolute atomic E-state index is 0.00788. The van der Waals surface area contributed by atoms with Gasteiger partial charge in [0.1, 0.15) is 36.3 Å². The van der Waals surface area contributed by atoms with Gasteiger partial charge in [0.25, 0.3) is 0 Å². The van der Waals surface area contributed by atoms with E-state index in [0.717, 1.165) is 54.7 Å². The molecule has 2 amide bonds. The third-order valence-electron chi connectivity index (χ3n) is 9.11. The lowest BCUT2D eigenvalue weighted by Crippen LogP contribution is -2.46. The van der Waals surface area contributed by atoms with Crippen LogP contribution in [0.5, 0.6) is 0 Å². The van der Waals surface area contributed by atoms with Crippen LogP contribution in [0.4, 0.5) is 5.82 Å². The molecule has 0 aliphatic carbocycles. The molecule has 7 unspecified atom stereocenters. The molecule has 0 aromatic carbocycles. The fourth-order valence-electron chi connectivity index (χ4n) is 5.75. The van der Waals surface area contributed by atoms with E-state index in [1.54, 1.807) is 12.2 Å². The van der Waals surface area contributed by atoms with Crippen LogP contribution in [0.1, 0.15) is 71.4 Å². The maximum atomic E-state index is 12.7. The molecule has 0 bridgehead atoms. The lowest BCUT2D eigenvalue weighted by molar-refractivity contribution is -0.137. The van der Waals surface area contributed by atoms with Crippen LogP contribution in [-0.2, 0) is 55.5 Å². The van der Waals surface area contributed by atoms with Gasteiger partial charge in [0.2, 0.25) is 11.8 Å². The third-order valence-corrected chi connectivity index (χ3v) is 13.1. The molecule has 1 saturated heterocycles. The summed E-state index contributed by atoms with van der Waals surface area (Å²) in [6.45, 7) is 0.426. The number of nitrogen functional groups attached to an aromatic ring is 1. The van der Waals surface area contributed by atoms with E-state index in [0.29, 0.717) is 18.6 Å². The molecule has 0 saturated carbocycles. The average Bonchev–Trinajstić information content (AvgIpc) is 3.79. The molecule has 0 radical (unpaired) electrons. The van der Waals surface area contributed by atoms with Gasteiger partial charge in [-0.25, -0.2) is 28.6 Å². The molecule has 7 atom stereocenters. The van der Waals surface area contributed by atoms with Crippen molar-refractivity contribution in [2.45, 2.75) is 95.9 Å². The minimum Gasteiger partial charge on any atom is -0.481 e. The number of carboxylic acid groups (broad SMARTS) is 1. The van der Waals surface area contributed by atoms with Crippen LogP contribution < -0.4 is 16.4 Å². The number of anilines is 1. The molecular formula is C36H56N7O19P3S. The van der Waals surface area contributed by atoms with Crippen molar-refractivity contribution in [2.24, 2.45) is 5.41 Å². The first-order valence-corrected chi connectivity index (χ1v) is 25.6. The lowest BCUT2D eigenvalue weighted by atomic mass is 9.87. The number of carbonyl (C=O) groups is 4. The normalized spacial score (nSPS) is 20.5. The summed E-state index contributed by atoms with van der Waals surface area (Å²) in [4.78, 5) is 98.5. The molecule has 1 fully saturated rings. The second-order valence-corrected chi connectivity index (χ2v) is 20.4. The number of carbonyl (C=O) groups excluding carboxylic acids is 3. The van der Waals surface area contributed by atoms with E-state index in [9.17, 15) is 62.7 Å². The molecule has 3 rings (SSSR count). The summed E-state index contributed by atoms with van der Waals surface area (Å²) in [6, 6.07) is 0. The topological polar surface area (TPSA) is 401 Å². The number of amides is 2. The molecule has 1 aliphatic heterocycles. The molecule has 0 spiro atoms. The Bertz CT molecular complexity index is 2190. The smallest absolute Gasteiger partial charge is 0.481 e. The number of hydrogen-bond acceptors (Lipinski definition) is 19. The highest BCUT2D eigenvalue weighted by Crippen LogP contribution is 2.61. The van der Waals surface area contributed by atoms with Gasteiger partial charge in [0.15, 0.2) is 22.8 Å². The molecular weight excluding hydrogens is 959 g/mol. The Morgan fingerprint density at radius 1 is 0.939 bits per heavy atom. The van der Waals surface area contributed by atoms with Crippen molar-refractivity contribution in [1.29, 1.82) is 0 Å². The third kappa shape index (κ3) is 20.2. The van der Waals surface area contributed by atoms with Crippen LogP contribution in [0.2, 0.25) is 0 Å². The maximum Gasteiger partial charge on any atom is 0.481 e. The Morgan fingerprint density at radius 3 is 2.30 bits per heavy atom. The van der Waals surface area contributed by atoms with E-state index >= 15 is 0 Å². The highest BCUT2D eigenvalue weighted by atomic mass is 32.2. The number of fused-ring (bicyclic) bond motifs is 1. The first-order valence-electron chi connectivity index (χ1n) is 20.1. The van der Waals surface area contributed by atoms with Gasteiger partial charge >= 0.3 is 29.4 Å². The molecule has 3 heterocycles. The second kappa shape index (κ2) is 26.7. The number of phosphoric ester groups is 3. The van der Waals surface area contributed by atoms with Gasteiger partial charge in [-0.3, -0.25) is 37.3 Å². The van der Waals surface area contributed by atoms with Crippen LogP contribution in [0.3, 0.4) is 0 Å². The molecule has 26 nitrogen and oxygen atoms in total. The number of ether oxygens (including phenoxy) is 1. The van der Waals surface area contributed by atoms with Gasteiger partial charge in [0, 0.05) is 37.1 Å². The van der Waals surface area contributed by atoms with E-state index < -0.39 is 90.5 Å². The van der Waals surface area contributed by atoms with Crippen molar-refractivity contribution in [3.05, 3.63) is 49.1 Å².